The SMILES string of the molecule is COc1ccc(C2=NN(C(=O)CSc3ncnc4c3cnn4C)[C@H](c3ccco3)C2)cc1. The van der Waals surface area contributed by atoms with Gasteiger partial charge in [0.1, 0.15) is 28.9 Å². The molecule has 0 N–H and O–H groups in total. The Balaban J connectivity index is 1.39. The molecule has 0 saturated heterocycles. The molecule has 32 heavy (non-hydrogen) atoms. The van der Waals surface area contributed by atoms with Gasteiger partial charge in [-0.25, -0.2) is 15.0 Å². The molecule has 0 spiro atoms. The Labute approximate surface area is 188 Å². The molecule has 5 rings (SSSR count). The number of nitrogens with zero attached hydrogens (tertiary/aromatic N) is 6. The van der Waals surface area contributed by atoms with Crippen molar-refractivity contribution in [2.75, 3.05) is 12.9 Å². The number of methoxy groups -OCH3 is 1. The molecule has 0 unspecified atom stereocenters. The van der Waals surface area contributed by atoms with E-state index in [1.807, 2.05) is 43.4 Å². The van der Waals surface area contributed by atoms with Gasteiger partial charge in [0, 0.05) is 13.5 Å². The highest BCUT2D eigenvalue weighted by atomic mass is 32.2. The lowest BCUT2D eigenvalue weighted by Crippen LogP contribution is -2.28. The summed E-state index contributed by atoms with van der Waals surface area (Å²) in [6.45, 7) is 0. The summed E-state index contributed by atoms with van der Waals surface area (Å²) in [5.41, 5.74) is 2.49. The fourth-order valence-corrected chi connectivity index (χ4v) is 4.47. The van der Waals surface area contributed by atoms with Crippen molar-refractivity contribution in [1.82, 2.24) is 24.8 Å². The molecular formula is C22H20N6O3S. The second kappa shape index (κ2) is 8.46. The van der Waals surface area contributed by atoms with Crippen LogP contribution in [0.5, 0.6) is 5.75 Å². The fraction of sp³-hybridized carbons (Fsp3) is 0.227. The van der Waals surface area contributed by atoms with Gasteiger partial charge in [-0.3, -0.25) is 9.48 Å². The van der Waals surface area contributed by atoms with Crippen LogP contribution < -0.4 is 4.74 Å². The maximum absolute atomic E-state index is 13.2. The van der Waals surface area contributed by atoms with Gasteiger partial charge in [-0.2, -0.15) is 10.2 Å². The minimum atomic E-state index is -0.293. The molecule has 1 amide bonds. The molecule has 162 valence electrons. The first kappa shape index (κ1) is 20.3. The summed E-state index contributed by atoms with van der Waals surface area (Å²) < 4.78 is 12.5. The van der Waals surface area contributed by atoms with Crippen LogP contribution in [0.2, 0.25) is 0 Å². The number of fused-ring (bicyclic) bond motifs is 1. The highest BCUT2D eigenvalue weighted by molar-refractivity contribution is 8.00. The number of hydrogen-bond donors (Lipinski definition) is 0. The zero-order valence-electron chi connectivity index (χ0n) is 17.5. The van der Waals surface area contributed by atoms with E-state index in [0.717, 1.165) is 28.1 Å². The van der Waals surface area contributed by atoms with Crippen LogP contribution in [-0.4, -0.2) is 49.2 Å². The highest BCUT2D eigenvalue weighted by Gasteiger charge is 2.34. The monoisotopic (exact) mass is 448 g/mol. The molecule has 3 aromatic heterocycles. The van der Waals surface area contributed by atoms with Crippen LogP contribution in [0.15, 0.2) is 69.7 Å². The first-order chi connectivity index (χ1) is 15.6. The average Bonchev–Trinajstić information content (AvgIpc) is 3.58. The maximum atomic E-state index is 13.2. The highest BCUT2D eigenvalue weighted by Crippen LogP contribution is 2.34. The first-order valence-corrected chi connectivity index (χ1v) is 11.0. The molecule has 0 saturated carbocycles. The summed E-state index contributed by atoms with van der Waals surface area (Å²) in [5.74, 6) is 1.52. The Kier molecular flexibility index (Phi) is 5.36. The molecular weight excluding hydrogens is 428 g/mol. The number of ether oxygens (including phenoxy) is 1. The van der Waals surface area contributed by atoms with Crippen LogP contribution in [0.25, 0.3) is 11.0 Å². The summed E-state index contributed by atoms with van der Waals surface area (Å²) >= 11 is 1.35. The topological polar surface area (TPSA) is 98.6 Å². The summed E-state index contributed by atoms with van der Waals surface area (Å²) in [6, 6.07) is 11.0. The molecule has 1 aromatic carbocycles. The molecule has 1 aliphatic rings. The molecule has 4 aromatic rings. The lowest BCUT2D eigenvalue weighted by molar-refractivity contribution is -0.130. The number of carbonyl (C=O) groups excluding carboxylic acids is 1. The number of aryl methyl sites for hydroxylation is 1. The van der Waals surface area contributed by atoms with Crippen LogP contribution in [0, 0.1) is 0 Å². The lowest BCUT2D eigenvalue weighted by Gasteiger charge is -2.19. The standard InChI is InChI=1S/C22H20N6O3S/c1-27-21-16(11-25-27)22(24-13-23-21)32-12-20(29)28-18(19-4-3-9-31-19)10-17(26-28)14-5-7-15(30-2)8-6-14/h3-9,11,13,18H,10,12H2,1-2H3/t18-/m0/s1. The second-order valence-corrected chi connectivity index (χ2v) is 8.19. The predicted octanol–water partition coefficient (Wildman–Crippen LogP) is 3.43. The molecule has 1 atom stereocenters. The van der Waals surface area contributed by atoms with Gasteiger partial charge in [0.2, 0.25) is 0 Å². The van der Waals surface area contributed by atoms with Crippen molar-refractivity contribution in [2.24, 2.45) is 12.1 Å². The second-order valence-electron chi connectivity index (χ2n) is 7.22. The Bertz CT molecular complexity index is 1280. The van der Waals surface area contributed by atoms with Crippen LogP contribution in [0.1, 0.15) is 23.8 Å². The minimum Gasteiger partial charge on any atom is -0.497 e. The molecule has 1 aliphatic heterocycles. The van der Waals surface area contributed by atoms with E-state index in [-0.39, 0.29) is 17.7 Å². The van der Waals surface area contributed by atoms with Crippen LogP contribution in [-0.2, 0) is 11.8 Å². The number of aromatic nitrogens is 4. The minimum absolute atomic E-state index is 0.129. The first-order valence-electron chi connectivity index (χ1n) is 9.97. The fourth-order valence-electron chi connectivity index (χ4n) is 3.65. The van der Waals surface area contributed by atoms with Gasteiger partial charge in [-0.15, -0.1) is 0 Å². The zero-order valence-corrected chi connectivity index (χ0v) is 18.3. The molecule has 0 radical (unpaired) electrons. The average molecular weight is 449 g/mol. The van der Waals surface area contributed by atoms with Crippen LogP contribution >= 0.6 is 11.8 Å². The van der Waals surface area contributed by atoms with E-state index in [1.165, 1.54) is 23.1 Å². The van der Waals surface area contributed by atoms with E-state index >= 15 is 0 Å². The summed E-state index contributed by atoms with van der Waals surface area (Å²) in [5, 5.41) is 11.9. The van der Waals surface area contributed by atoms with Gasteiger partial charge in [-0.1, -0.05) is 11.8 Å². The number of amides is 1. The van der Waals surface area contributed by atoms with Crippen molar-refractivity contribution in [3.05, 3.63) is 66.5 Å². The lowest BCUT2D eigenvalue weighted by atomic mass is 10.0. The normalized spacial score (nSPS) is 15.9. The van der Waals surface area contributed by atoms with Crippen molar-refractivity contribution >= 4 is 34.4 Å². The number of hydrogen-bond acceptors (Lipinski definition) is 8. The predicted molar refractivity (Wildman–Crippen MR) is 119 cm³/mol. The third kappa shape index (κ3) is 3.73. The van der Waals surface area contributed by atoms with Gasteiger partial charge in [0.15, 0.2) is 5.65 Å². The van der Waals surface area contributed by atoms with E-state index in [1.54, 1.807) is 24.3 Å². The van der Waals surface area contributed by atoms with E-state index in [9.17, 15) is 4.79 Å². The Morgan fingerprint density at radius 3 is 2.84 bits per heavy atom. The summed E-state index contributed by atoms with van der Waals surface area (Å²) in [6.07, 6.45) is 5.37. The van der Waals surface area contributed by atoms with Crippen LogP contribution in [0.4, 0.5) is 0 Å². The molecule has 0 aliphatic carbocycles. The van der Waals surface area contributed by atoms with E-state index in [0.29, 0.717) is 17.2 Å². The third-order valence-electron chi connectivity index (χ3n) is 5.29. The largest absolute Gasteiger partial charge is 0.497 e. The van der Waals surface area contributed by atoms with E-state index in [2.05, 4.69) is 20.2 Å². The molecule has 10 heteroatoms. The van der Waals surface area contributed by atoms with Crippen molar-refractivity contribution in [3.63, 3.8) is 0 Å². The number of furan rings is 1. The maximum Gasteiger partial charge on any atom is 0.253 e. The number of carbonyl (C=O) groups is 1. The summed E-state index contributed by atoms with van der Waals surface area (Å²) in [7, 11) is 3.45. The van der Waals surface area contributed by atoms with E-state index < -0.39 is 0 Å². The number of rotatable bonds is 6. The van der Waals surface area contributed by atoms with Crippen molar-refractivity contribution < 1.29 is 13.9 Å². The quantitative estimate of drug-likeness (QED) is 0.329. The molecule has 4 heterocycles. The van der Waals surface area contributed by atoms with Crippen molar-refractivity contribution in [3.8, 4) is 5.75 Å². The number of thioether (sulfide) groups is 1. The Hall–Kier alpha value is -3.66. The smallest absolute Gasteiger partial charge is 0.253 e. The Morgan fingerprint density at radius 2 is 2.09 bits per heavy atom. The number of hydrazone groups is 1. The summed E-state index contributed by atoms with van der Waals surface area (Å²) in [4.78, 5) is 21.8. The van der Waals surface area contributed by atoms with Crippen molar-refractivity contribution in [1.29, 1.82) is 0 Å². The molecule has 9 nitrogen and oxygen atoms in total. The third-order valence-corrected chi connectivity index (χ3v) is 6.28. The molecule has 0 fully saturated rings. The van der Waals surface area contributed by atoms with Crippen LogP contribution in [0.3, 0.4) is 0 Å². The van der Waals surface area contributed by atoms with Gasteiger partial charge in [-0.05, 0) is 42.0 Å². The zero-order chi connectivity index (χ0) is 22.1. The Morgan fingerprint density at radius 1 is 1.25 bits per heavy atom. The number of benzene rings is 1. The van der Waals surface area contributed by atoms with Gasteiger partial charge in [0.05, 0.1) is 36.4 Å². The van der Waals surface area contributed by atoms with E-state index in [4.69, 9.17) is 9.15 Å². The van der Waals surface area contributed by atoms with Gasteiger partial charge in [0.25, 0.3) is 5.91 Å². The van der Waals surface area contributed by atoms with Gasteiger partial charge >= 0.3 is 0 Å². The molecule has 0 bridgehead atoms. The van der Waals surface area contributed by atoms with Crippen molar-refractivity contribution in [2.45, 2.75) is 17.5 Å². The van der Waals surface area contributed by atoms with Gasteiger partial charge < -0.3 is 9.15 Å².